The zero-order valence-corrected chi connectivity index (χ0v) is 15.2. The summed E-state index contributed by atoms with van der Waals surface area (Å²) in [5, 5.41) is 8.12. The van der Waals surface area contributed by atoms with Crippen LogP contribution in [0.4, 0.5) is 0 Å². The topological polar surface area (TPSA) is 59.4 Å². The van der Waals surface area contributed by atoms with Crippen LogP contribution in [0.15, 0.2) is 36.7 Å². The summed E-state index contributed by atoms with van der Waals surface area (Å²) in [4.78, 5) is 14.6. The number of nitrogens with one attached hydrogen (secondary N) is 1. The van der Waals surface area contributed by atoms with Gasteiger partial charge in [-0.2, -0.15) is 5.10 Å². The lowest BCUT2D eigenvalue weighted by Gasteiger charge is -2.24. The van der Waals surface area contributed by atoms with Gasteiger partial charge in [0.2, 0.25) is 5.91 Å². The molecular weight excluding hydrogens is 340 g/mol. The molecule has 1 saturated heterocycles. The van der Waals surface area contributed by atoms with E-state index in [1.165, 1.54) is 0 Å². The molecule has 1 aromatic heterocycles. The fourth-order valence-electron chi connectivity index (χ4n) is 3.17. The van der Waals surface area contributed by atoms with E-state index in [0.717, 1.165) is 12.1 Å². The maximum atomic E-state index is 12.8. The lowest BCUT2D eigenvalue weighted by atomic mass is 9.90. The second kappa shape index (κ2) is 7.89. The van der Waals surface area contributed by atoms with Crippen molar-refractivity contribution in [3.05, 3.63) is 47.2 Å². The lowest BCUT2D eigenvalue weighted by Crippen LogP contribution is -2.38. The van der Waals surface area contributed by atoms with Crippen LogP contribution in [-0.2, 0) is 11.8 Å². The molecular formula is C18H23ClN4O2. The molecule has 7 heteroatoms. The second-order valence-corrected chi connectivity index (χ2v) is 6.76. The van der Waals surface area contributed by atoms with Crippen molar-refractivity contribution in [2.24, 2.45) is 13.0 Å². The number of carbonyl (C=O) groups excluding carboxylic acids is 1. The first-order valence-corrected chi connectivity index (χ1v) is 8.75. The summed E-state index contributed by atoms with van der Waals surface area (Å²) < 4.78 is 7.45. The van der Waals surface area contributed by atoms with Gasteiger partial charge in [-0.1, -0.05) is 23.7 Å². The molecule has 1 aliphatic rings. The van der Waals surface area contributed by atoms with Gasteiger partial charge < -0.3 is 15.0 Å². The van der Waals surface area contributed by atoms with E-state index in [4.69, 9.17) is 16.3 Å². The number of carbonyl (C=O) groups is 1. The Bertz CT molecular complexity index is 733. The fourth-order valence-corrected chi connectivity index (χ4v) is 3.36. The number of likely N-dealkylation sites (N-methyl/N-ethyl adjacent to an activating group) is 1. The molecule has 0 saturated carbocycles. The predicted octanol–water partition coefficient (Wildman–Crippen LogP) is 1.91. The second-order valence-electron chi connectivity index (χ2n) is 6.36. The Balaban J connectivity index is 1.55. The van der Waals surface area contributed by atoms with Crippen LogP contribution in [-0.4, -0.2) is 53.9 Å². The number of aryl methyl sites for hydroxylation is 1. The predicted molar refractivity (Wildman–Crippen MR) is 96.9 cm³/mol. The fraction of sp³-hybridized carbons (Fsp3) is 0.444. The summed E-state index contributed by atoms with van der Waals surface area (Å²) in [5.74, 6) is 0.852. The highest BCUT2D eigenvalue weighted by molar-refractivity contribution is 6.32. The van der Waals surface area contributed by atoms with Gasteiger partial charge in [-0.3, -0.25) is 9.48 Å². The van der Waals surface area contributed by atoms with Crippen molar-refractivity contribution in [1.29, 1.82) is 0 Å². The molecule has 1 amide bonds. The number of ether oxygens (including phenoxy) is 1. The average molecular weight is 363 g/mol. The van der Waals surface area contributed by atoms with Crippen LogP contribution in [0, 0.1) is 5.92 Å². The van der Waals surface area contributed by atoms with Crippen molar-refractivity contribution in [3.8, 4) is 5.75 Å². The molecule has 0 bridgehead atoms. The summed E-state index contributed by atoms with van der Waals surface area (Å²) in [7, 11) is 3.71. The monoisotopic (exact) mass is 362 g/mol. The van der Waals surface area contributed by atoms with Gasteiger partial charge in [0, 0.05) is 39.3 Å². The number of benzene rings is 1. The summed E-state index contributed by atoms with van der Waals surface area (Å²) in [6.07, 6.45) is 3.83. The van der Waals surface area contributed by atoms with Gasteiger partial charge in [-0.25, -0.2) is 0 Å². The van der Waals surface area contributed by atoms with Crippen molar-refractivity contribution < 1.29 is 9.53 Å². The van der Waals surface area contributed by atoms with Crippen LogP contribution >= 0.6 is 11.6 Å². The first-order valence-electron chi connectivity index (χ1n) is 8.38. The maximum absolute atomic E-state index is 12.8. The quantitative estimate of drug-likeness (QED) is 0.852. The van der Waals surface area contributed by atoms with Gasteiger partial charge in [-0.05, 0) is 17.7 Å². The largest absolute Gasteiger partial charge is 0.490 e. The Morgan fingerprint density at radius 3 is 2.96 bits per heavy atom. The van der Waals surface area contributed by atoms with E-state index in [1.54, 1.807) is 15.6 Å². The van der Waals surface area contributed by atoms with Gasteiger partial charge in [0.25, 0.3) is 0 Å². The molecule has 1 aromatic carbocycles. The van der Waals surface area contributed by atoms with E-state index < -0.39 is 0 Å². The van der Waals surface area contributed by atoms with Crippen LogP contribution < -0.4 is 10.1 Å². The number of halogens is 1. The van der Waals surface area contributed by atoms with Gasteiger partial charge in [0.05, 0.1) is 23.7 Å². The molecule has 0 spiro atoms. The number of para-hydroxylation sites is 1. The Morgan fingerprint density at radius 1 is 1.44 bits per heavy atom. The Labute approximate surface area is 152 Å². The minimum Gasteiger partial charge on any atom is -0.490 e. The van der Waals surface area contributed by atoms with Gasteiger partial charge in [-0.15, -0.1) is 0 Å². The van der Waals surface area contributed by atoms with E-state index >= 15 is 0 Å². The van der Waals surface area contributed by atoms with Gasteiger partial charge in [0.1, 0.15) is 12.4 Å². The molecule has 1 aliphatic heterocycles. The van der Waals surface area contributed by atoms with Gasteiger partial charge >= 0.3 is 0 Å². The minimum atomic E-state index is -0.0745. The Kier molecular flexibility index (Phi) is 5.60. The van der Waals surface area contributed by atoms with Gasteiger partial charge in [0.15, 0.2) is 0 Å². The number of aromatic nitrogens is 2. The van der Waals surface area contributed by atoms with Crippen LogP contribution in [0.1, 0.15) is 11.5 Å². The van der Waals surface area contributed by atoms with E-state index in [2.05, 4.69) is 10.4 Å². The molecule has 1 fully saturated rings. The third-order valence-electron chi connectivity index (χ3n) is 4.58. The summed E-state index contributed by atoms with van der Waals surface area (Å²) in [6, 6.07) is 7.34. The summed E-state index contributed by atoms with van der Waals surface area (Å²) in [5.41, 5.74) is 1.10. The number of amides is 1. The standard InChI is InChI=1S/C18H23ClN4O2/c1-22(7-8-25-17-6-4-3-5-16(17)19)18(24)15-11-20-10-14(15)13-9-21-23(2)12-13/h3-6,9,12,14-15,20H,7-8,10-11H2,1-2H3/t14-,15+/m1/s1. The molecule has 0 aliphatic carbocycles. The SMILES string of the molecule is CN(CCOc1ccccc1Cl)C(=O)[C@H]1CNC[C@@H]1c1cnn(C)c1. The molecule has 1 N–H and O–H groups in total. The van der Waals surface area contributed by atoms with Crippen molar-refractivity contribution in [1.82, 2.24) is 20.0 Å². The van der Waals surface area contributed by atoms with Crippen molar-refractivity contribution in [2.75, 3.05) is 33.3 Å². The average Bonchev–Trinajstić information content (AvgIpc) is 3.24. The van der Waals surface area contributed by atoms with Crippen molar-refractivity contribution in [2.45, 2.75) is 5.92 Å². The highest BCUT2D eigenvalue weighted by atomic mass is 35.5. The minimum absolute atomic E-state index is 0.0745. The van der Waals surface area contributed by atoms with Crippen molar-refractivity contribution in [3.63, 3.8) is 0 Å². The Morgan fingerprint density at radius 2 is 2.24 bits per heavy atom. The third-order valence-corrected chi connectivity index (χ3v) is 4.89. The third kappa shape index (κ3) is 4.14. The number of nitrogens with zero attached hydrogens (tertiary/aromatic N) is 3. The molecule has 0 radical (unpaired) electrons. The van der Waals surface area contributed by atoms with Crippen LogP contribution in [0.2, 0.25) is 5.02 Å². The van der Waals surface area contributed by atoms with Crippen LogP contribution in [0.25, 0.3) is 0 Å². The molecule has 0 unspecified atom stereocenters. The normalized spacial score (nSPS) is 19.8. The molecule has 6 nitrogen and oxygen atoms in total. The number of rotatable bonds is 6. The highest BCUT2D eigenvalue weighted by Gasteiger charge is 2.36. The molecule has 134 valence electrons. The summed E-state index contributed by atoms with van der Waals surface area (Å²) >= 11 is 6.07. The number of hydrogen-bond acceptors (Lipinski definition) is 4. The molecule has 3 rings (SSSR count). The maximum Gasteiger partial charge on any atom is 0.227 e. The zero-order chi connectivity index (χ0) is 17.8. The lowest BCUT2D eigenvalue weighted by molar-refractivity contribution is -0.134. The first-order chi connectivity index (χ1) is 12.1. The van der Waals surface area contributed by atoms with E-state index in [0.29, 0.717) is 30.5 Å². The van der Waals surface area contributed by atoms with E-state index in [-0.39, 0.29) is 17.7 Å². The highest BCUT2D eigenvalue weighted by Crippen LogP contribution is 2.29. The molecule has 25 heavy (non-hydrogen) atoms. The Hall–Kier alpha value is -2.05. The zero-order valence-electron chi connectivity index (χ0n) is 14.5. The smallest absolute Gasteiger partial charge is 0.227 e. The molecule has 2 atom stereocenters. The van der Waals surface area contributed by atoms with E-state index in [9.17, 15) is 4.79 Å². The number of hydrogen-bond donors (Lipinski definition) is 1. The van der Waals surface area contributed by atoms with Crippen molar-refractivity contribution >= 4 is 17.5 Å². The summed E-state index contributed by atoms with van der Waals surface area (Å²) in [6.45, 7) is 2.41. The van der Waals surface area contributed by atoms with Crippen LogP contribution in [0.5, 0.6) is 5.75 Å². The van der Waals surface area contributed by atoms with Crippen LogP contribution in [0.3, 0.4) is 0 Å². The van der Waals surface area contributed by atoms with E-state index in [1.807, 2.05) is 44.7 Å². The first kappa shape index (κ1) is 17.8. The molecule has 2 heterocycles. The molecule has 2 aromatic rings.